The van der Waals surface area contributed by atoms with Crippen molar-refractivity contribution in [1.29, 1.82) is 0 Å². The van der Waals surface area contributed by atoms with Gasteiger partial charge in [0.2, 0.25) is 11.7 Å². The number of hydrogen-bond acceptors (Lipinski definition) is 6. The fraction of sp³-hybridized carbons (Fsp3) is 0.238. The number of rotatable bonds is 10. The van der Waals surface area contributed by atoms with Gasteiger partial charge in [-0.05, 0) is 37.6 Å². The van der Waals surface area contributed by atoms with Gasteiger partial charge >= 0.3 is 0 Å². The molecule has 2 aromatic heterocycles. The van der Waals surface area contributed by atoms with Gasteiger partial charge in [-0.1, -0.05) is 30.0 Å². The first-order valence-corrected chi connectivity index (χ1v) is 10.2. The van der Waals surface area contributed by atoms with Crippen LogP contribution in [0.1, 0.15) is 30.1 Å². The minimum atomic E-state index is -0.122. The van der Waals surface area contributed by atoms with Gasteiger partial charge < -0.3 is 9.73 Å². The van der Waals surface area contributed by atoms with Gasteiger partial charge in [-0.25, -0.2) is 0 Å². The minimum absolute atomic E-state index is 0.0784. The lowest BCUT2D eigenvalue weighted by atomic mass is 10.1. The Kier molecular flexibility index (Phi) is 7.02. The Morgan fingerprint density at radius 1 is 1.24 bits per heavy atom. The molecule has 0 aliphatic heterocycles. The molecule has 3 rings (SSSR count). The number of carbonyl (C=O) groups is 2. The molecule has 0 saturated carbocycles. The number of ketones is 1. The second-order valence-electron chi connectivity index (χ2n) is 6.28. The number of anilines is 1. The average Bonchev–Trinajstić information content (AvgIpc) is 3.36. The van der Waals surface area contributed by atoms with Gasteiger partial charge in [-0.3, -0.25) is 14.2 Å². The second-order valence-corrected chi connectivity index (χ2v) is 7.35. The molecule has 150 valence electrons. The molecule has 8 heteroatoms. The summed E-state index contributed by atoms with van der Waals surface area (Å²) in [5.74, 6) is 1.80. The van der Waals surface area contributed by atoms with Crippen molar-refractivity contribution in [2.75, 3.05) is 11.1 Å². The van der Waals surface area contributed by atoms with E-state index >= 15 is 0 Å². The molecule has 29 heavy (non-hydrogen) atoms. The molecule has 0 fully saturated rings. The number of amides is 1. The van der Waals surface area contributed by atoms with Gasteiger partial charge in [0.15, 0.2) is 16.7 Å². The molecule has 0 radical (unpaired) electrons. The van der Waals surface area contributed by atoms with Crippen LogP contribution in [-0.4, -0.2) is 32.2 Å². The van der Waals surface area contributed by atoms with Crippen LogP contribution in [0.2, 0.25) is 0 Å². The Balaban J connectivity index is 1.54. The lowest BCUT2D eigenvalue weighted by Crippen LogP contribution is -2.14. The Hall–Kier alpha value is -3.13. The predicted molar refractivity (Wildman–Crippen MR) is 113 cm³/mol. The van der Waals surface area contributed by atoms with Crippen LogP contribution in [-0.2, 0) is 11.3 Å². The first-order chi connectivity index (χ1) is 14.1. The van der Waals surface area contributed by atoms with E-state index < -0.39 is 0 Å². The van der Waals surface area contributed by atoms with Crippen LogP contribution in [0, 0.1) is 0 Å². The lowest BCUT2D eigenvalue weighted by molar-refractivity contribution is -0.116. The number of para-hydroxylation sites is 1. The largest absolute Gasteiger partial charge is 0.461 e. The average molecular weight is 410 g/mol. The van der Waals surface area contributed by atoms with Crippen LogP contribution in [0.4, 0.5) is 5.69 Å². The number of thioether (sulfide) groups is 1. The number of nitrogens with zero attached hydrogens (tertiary/aromatic N) is 3. The predicted octanol–water partition coefficient (Wildman–Crippen LogP) is 4.44. The van der Waals surface area contributed by atoms with Crippen LogP contribution in [0.5, 0.6) is 0 Å². The van der Waals surface area contributed by atoms with Crippen molar-refractivity contribution < 1.29 is 14.0 Å². The number of furan rings is 1. The fourth-order valence-corrected chi connectivity index (χ4v) is 3.67. The highest BCUT2D eigenvalue weighted by molar-refractivity contribution is 7.99. The molecule has 3 aromatic rings. The second kappa shape index (κ2) is 9.88. The third kappa shape index (κ3) is 5.23. The van der Waals surface area contributed by atoms with Gasteiger partial charge in [-0.2, -0.15) is 0 Å². The molecule has 1 amide bonds. The summed E-state index contributed by atoms with van der Waals surface area (Å²) < 4.78 is 7.35. The van der Waals surface area contributed by atoms with Crippen LogP contribution < -0.4 is 5.32 Å². The number of hydrogen-bond donors (Lipinski definition) is 1. The fourth-order valence-electron chi connectivity index (χ4n) is 2.79. The number of nitrogens with one attached hydrogen (secondary N) is 1. The van der Waals surface area contributed by atoms with Crippen LogP contribution in [0.15, 0.2) is 64.9 Å². The first kappa shape index (κ1) is 20.6. The highest BCUT2D eigenvalue weighted by Crippen LogP contribution is 2.25. The molecular weight excluding hydrogens is 388 g/mol. The summed E-state index contributed by atoms with van der Waals surface area (Å²) in [4.78, 5) is 23.9. The maximum atomic E-state index is 12.2. The highest BCUT2D eigenvalue weighted by atomic mass is 32.2. The Bertz CT molecular complexity index is 995. The van der Waals surface area contributed by atoms with Crippen molar-refractivity contribution in [2.45, 2.75) is 31.5 Å². The number of Topliss-reactive ketones (excluding diaryl/α,β-unsaturated/α-hetero) is 1. The molecule has 1 N–H and O–H groups in total. The van der Waals surface area contributed by atoms with E-state index in [1.54, 1.807) is 42.7 Å². The van der Waals surface area contributed by atoms with Gasteiger partial charge in [0.1, 0.15) is 0 Å². The molecule has 7 nitrogen and oxygen atoms in total. The highest BCUT2D eigenvalue weighted by Gasteiger charge is 2.15. The molecule has 0 saturated heterocycles. The zero-order valence-electron chi connectivity index (χ0n) is 16.1. The summed E-state index contributed by atoms with van der Waals surface area (Å²) in [6, 6.07) is 10.6. The van der Waals surface area contributed by atoms with Crippen molar-refractivity contribution in [2.24, 2.45) is 0 Å². The summed E-state index contributed by atoms with van der Waals surface area (Å²) in [7, 11) is 0. The smallest absolute Gasteiger partial charge is 0.224 e. The number of benzene rings is 1. The van der Waals surface area contributed by atoms with E-state index in [1.807, 2.05) is 10.6 Å². The standard InChI is InChI=1S/C21H22N4O3S/c1-3-12-25-20(18-10-6-13-28-18)23-24-21(25)29-14-7-11-19(27)22-17-9-5-4-8-16(17)15(2)26/h3-6,8-10,13H,1,7,11-12,14H2,2H3,(H,22,27). The molecular formula is C21H22N4O3S. The maximum absolute atomic E-state index is 12.2. The summed E-state index contributed by atoms with van der Waals surface area (Å²) in [6.45, 7) is 5.83. The van der Waals surface area contributed by atoms with E-state index in [4.69, 9.17) is 4.42 Å². The molecule has 2 heterocycles. The summed E-state index contributed by atoms with van der Waals surface area (Å²) in [5, 5.41) is 12.0. The monoisotopic (exact) mass is 410 g/mol. The van der Waals surface area contributed by atoms with Gasteiger partial charge in [0.25, 0.3) is 0 Å². The van der Waals surface area contributed by atoms with E-state index in [0.717, 1.165) is 5.16 Å². The van der Waals surface area contributed by atoms with Gasteiger partial charge in [-0.15, -0.1) is 16.8 Å². The SMILES string of the molecule is C=CCn1c(SCCCC(=O)Nc2ccccc2C(C)=O)nnc1-c1ccco1. The summed E-state index contributed by atoms with van der Waals surface area (Å²) >= 11 is 1.53. The molecule has 1 aromatic carbocycles. The van der Waals surface area contributed by atoms with Crippen LogP contribution >= 0.6 is 11.8 Å². The molecule has 0 spiro atoms. The van der Waals surface area contributed by atoms with Crippen LogP contribution in [0.3, 0.4) is 0 Å². The zero-order valence-corrected chi connectivity index (χ0v) is 16.9. The third-order valence-corrected chi connectivity index (χ3v) is 5.18. The molecule has 0 aliphatic rings. The van der Waals surface area contributed by atoms with E-state index in [2.05, 4.69) is 22.1 Å². The van der Waals surface area contributed by atoms with Crippen LogP contribution in [0.25, 0.3) is 11.6 Å². The normalized spacial score (nSPS) is 10.7. The third-order valence-electron chi connectivity index (χ3n) is 4.13. The van der Waals surface area contributed by atoms with Crippen molar-refractivity contribution in [3.05, 3.63) is 60.9 Å². The lowest BCUT2D eigenvalue weighted by Gasteiger charge is -2.09. The Labute approximate surface area is 173 Å². The Morgan fingerprint density at radius 3 is 2.79 bits per heavy atom. The Morgan fingerprint density at radius 2 is 2.07 bits per heavy atom. The summed E-state index contributed by atoms with van der Waals surface area (Å²) in [6.07, 6.45) is 4.38. The van der Waals surface area contributed by atoms with E-state index in [9.17, 15) is 9.59 Å². The molecule has 0 atom stereocenters. The number of aromatic nitrogens is 3. The first-order valence-electron chi connectivity index (χ1n) is 9.20. The molecule has 0 unspecified atom stereocenters. The van der Waals surface area contributed by atoms with Crippen molar-refractivity contribution in [3.8, 4) is 11.6 Å². The number of carbonyl (C=O) groups excluding carboxylic acids is 2. The van der Waals surface area contributed by atoms with Gasteiger partial charge in [0, 0.05) is 24.3 Å². The quantitative estimate of drug-likeness (QED) is 0.230. The topological polar surface area (TPSA) is 90.0 Å². The van der Waals surface area contributed by atoms with E-state index in [1.165, 1.54) is 18.7 Å². The minimum Gasteiger partial charge on any atom is -0.461 e. The molecule has 0 aliphatic carbocycles. The maximum Gasteiger partial charge on any atom is 0.224 e. The zero-order chi connectivity index (χ0) is 20.6. The van der Waals surface area contributed by atoms with Crippen molar-refractivity contribution >= 4 is 29.1 Å². The van der Waals surface area contributed by atoms with Gasteiger partial charge in [0.05, 0.1) is 12.0 Å². The van der Waals surface area contributed by atoms with Crippen molar-refractivity contribution in [3.63, 3.8) is 0 Å². The van der Waals surface area contributed by atoms with E-state index in [-0.39, 0.29) is 11.7 Å². The summed E-state index contributed by atoms with van der Waals surface area (Å²) in [5.41, 5.74) is 1.06. The molecule has 0 bridgehead atoms. The van der Waals surface area contributed by atoms with E-state index in [0.29, 0.717) is 48.0 Å². The number of allylic oxidation sites excluding steroid dienone is 1. The van der Waals surface area contributed by atoms with Crippen molar-refractivity contribution in [1.82, 2.24) is 14.8 Å².